The van der Waals surface area contributed by atoms with E-state index in [-0.39, 0.29) is 12.3 Å². The average molecular weight is 389 g/mol. The molecule has 28 heavy (non-hydrogen) atoms. The zero-order chi connectivity index (χ0) is 20.1. The first-order valence-corrected chi connectivity index (χ1v) is 9.73. The SMILES string of the molecule is NC(=O)O[C@@H]1CC[C@H](C(=O)N2CCC(c3ccccc3)CC2)[C@@H](C(=O)NO)C1. The summed E-state index contributed by atoms with van der Waals surface area (Å²) >= 11 is 0. The van der Waals surface area contributed by atoms with Crippen LogP contribution in [0.25, 0.3) is 0 Å². The van der Waals surface area contributed by atoms with Gasteiger partial charge < -0.3 is 15.4 Å². The summed E-state index contributed by atoms with van der Waals surface area (Å²) in [6, 6.07) is 10.3. The zero-order valence-electron chi connectivity index (χ0n) is 15.8. The highest BCUT2D eigenvalue weighted by Crippen LogP contribution is 2.35. The minimum absolute atomic E-state index is 0.0716. The Bertz CT molecular complexity index is 703. The molecule has 1 saturated heterocycles. The lowest BCUT2D eigenvalue weighted by Gasteiger charge is -2.39. The van der Waals surface area contributed by atoms with Crippen molar-refractivity contribution in [2.24, 2.45) is 17.6 Å². The van der Waals surface area contributed by atoms with Gasteiger partial charge in [-0.15, -0.1) is 0 Å². The number of primary amides is 1. The summed E-state index contributed by atoms with van der Waals surface area (Å²) in [6.07, 6.45) is 1.39. The Kier molecular flexibility index (Phi) is 6.51. The number of amides is 3. The Balaban J connectivity index is 1.62. The molecule has 0 aromatic heterocycles. The lowest BCUT2D eigenvalue weighted by atomic mass is 9.76. The van der Waals surface area contributed by atoms with Gasteiger partial charge in [-0.2, -0.15) is 0 Å². The van der Waals surface area contributed by atoms with Gasteiger partial charge in [-0.05, 0) is 43.6 Å². The number of ether oxygens (including phenoxy) is 1. The molecule has 3 rings (SSSR count). The molecule has 2 fully saturated rings. The molecule has 2 aliphatic rings. The van der Waals surface area contributed by atoms with Crippen LogP contribution in [0.2, 0.25) is 0 Å². The van der Waals surface area contributed by atoms with Gasteiger partial charge in [0.25, 0.3) is 0 Å². The Morgan fingerprint density at radius 3 is 2.32 bits per heavy atom. The standard InChI is InChI=1S/C20H27N3O5/c21-20(26)28-15-6-7-16(17(12-15)18(24)22-27)19(25)23-10-8-14(9-11-23)13-4-2-1-3-5-13/h1-5,14-17,27H,6-12H2,(H2,21,26)(H,22,24)/t15-,16+,17+/m1/s1. The van der Waals surface area contributed by atoms with E-state index in [1.807, 2.05) is 23.1 Å². The highest BCUT2D eigenvalue weighted by atomic mass is 16.6. The third kappa shape index (κ3) is 4.62. The quantitative estimate of drug-likeness (QED) is 0.535. The zero-order valence-corrected chi connectivity index (χ0v) is 15.8. The summed E-state index contributed by atoms with van der Waals surface area (Å²) in [5.74, 6) is -1.55. The molecule has 152 valence electrons. The molecule has 4 N–H and O–H groups in total. The maximum atomic E-state index is 13.1. The first kappa shape index (κ1) is 20.1. The van der Waals surface area contributed by atoms with Crippen molar-refractivity contribution in [3.63, 3.8) is 0 Å². The predicted molar refractivity (Wildman–Crippen MR) is 100 cm³/mol. The molecule has 8 nitrogen and oxygen atoms in total. The van der Waals surface area contributed by atoms with Crippen molar-refractivity contribution < 1.29 is 24.3 Å². The molecule has 1 saturated carbocycles. The summed E-state index contributed by atoms with van der Waals surface area (Å²) < 4.78 is 5.01. The molecule has 8 heteroatoms. The van der Waals surface area contributed by atoms with Crippen LogP contribution in [0, 0.1) is 11.8 Å². The van der Waals surface area contributed by atoms with Gasteiger partial charge in [0.15, 0.2) is 0 Å². The maximum Gasteiger partial charge on any atom is 0.404 e. The molecule has 3 amide bonds. The third-order valence-corrected chi connectivity index (χ3v) is 5.93. The Morgan fingerprint density at radius 1 is 1.04 bits per heavy atom. The van der Waals surface area contributed by atoms with E-state index in [2.05, 4.69) is 12.1 Å². The molecule has 1 aliphatic carbocycles. The Labute approximate surface area is 164 Å². The van der Waals surface area contributed by atoms with Crippen LogP contribution in [0.4, 0.5) is 4.79 Å². The number of piperidine rings is 1. The predicted octanol–water partition coefficient (Wildman–Crippen LogP) is 1.78. The van der Waals surface area contributed by atoms with Crippen molar-refractivity contribution in [1.82, 2.24) is 10.4 Å². The normalized spacial score (nSPS) is 25.8. The van der Waals surface area contributed by atoms with Crippen molar-refractivity contribution in [3.05, 3.63) is 35.9 Å². The second-order valence-electron chi connectivity index (χ2n) is 7.57. The maximum absolute atomic E-state index is 13.1. The molecule has 0 bridgehead atoms. The smallest absolute Gasteiger partial charge is 0.404 e. The lowest BCUT2D eigenvalue weighted by Crippen LogP contribution is -2.49. The van der Waals surface area contributed by atoms with Crippen LogP contribution in [0.3, 0.4) is 0 Å². The third-order valence-electron chi connectivity index (χ3n) is 5.93. The fraction of sp³-hybridized carbons (Fsp3) is 0.550. The van der Waals surface area contributed by atoms with Crippen LogP contribution in [0.5, 0.6) is 0 Å². The van der Waals surface area contributed by atoms with Crippen LogP contribution >= 0.6 is 0 Å². The topological polar surface area (TPSA) is 122 Å². The fourth-order valence-corrected chi connectivity index (χ4v) is 4.46. The van der Waals surface area contributed by atoms with E-state index in [1.165, 1.54) is 5.56 Å². The van der Waals surface area contributed by atoms with Gasteiger partial charge in [-0.25, -0.2) is 10.3 Å². The number of carbonyl (C=O) groups is 3. The number of hydroxylamine groups is 1. The lowest BCUT2D eigenvalue weighted by molar-refractivity contribution is -0.149. The van der Waals surface area contributed by atoms with E-state index in [9.17, 15) is 14.4 Å². The number of hydrogen-bond donors (Lipinski definition) is 3. The molecule has 1 heterocycles. The van der Waals surface area contributed by atoms with Crippen molar-refractivity contribution in [1.29, 1.82) is 0 Å². The largest absolute Gasteiger partial charge is 0.446 e. The summed E-state index contributed by atoms with van der Waals surface area (Å²) in [5, 5.41) is 9.07. The number of rotatable bonds is 4. The molecule has 3 atom stereocenters. The highest BCUT2D eigenvalue weighted by Gasteiger charge is 2.42. The van der Waals surface area contributed by atoms with E-state index < -0.39 is 29.9 Å². The number of benzene rings is 1. The molecule has 1 aromatic carbocycles. The van der Waals surface area contributed by atoms with Crippen molar-refractivity contribution in [2.45, 2.75) is 44.1 Å². The van der Waals surface area contributed by atoms with E-state index in [4.69, 9.17) is 15.7 Å². The van der Waals surface area contributed by atoms with Crippen LogP contribution in [-0.4, -0.2) is 47.2 Å². The van der Waals surface area contributed by atoms with Gasteiger partial charge in [0.1, 0.15) is 6.10 Å². The van der Waals surface area contributed by atoms with E-state index >= 15 is 0 Å². The fourth-order valence-electron chi connectivity index (χ4n) is 4.46. The average Bonchev–Trinajstić information content (AvgIpc) is 2.73. The van der Waals surface area contributed by atoms with Crippen LogP contribution in [0.1, 0.15) is 43.6 Å². The Hall–Kier alpha value is -2.61. The van der Waals surface area contributed by atoms with Gasteiger partial charge in [0.05, 0.1) is 11.8 Å². The van der Waals surface area contributed by atoms with Crippen LogP contribution in [-0.2, 0) is 14.3 Å². The van der Waals surface area contributed by atoms with Crippen molar-refractivity contribution >= 4 is 17.9 Å². The first-order chi connectivity index (χ1) is 13.5. The molecular weight excluding hydrogens is 362 g/mol. The van der Waals surface area contributed by atoms with E-state index in [1.54, 1.807) is 5.48 Å². The number of carbonyl (C=O) groups excluding carboxylic acids is 3. The molecule has 0 radical (unpaired) electrons. The monoisotopic (exact) mass is 389 g/mol. The minimum Gasteiger partial charge on any atom is -0.446 e. The van der Waals surface area contributed by atoms with Gasteiger partial charge in [-0.3, -0.25) is 14.8 Å². The summed E-state index contributed by atoms with van der Waals surface area (Å²) in [5.41, 5.74) is 8.00. The minimum atomic E-state index is -0.902. The highest BCUT2D eigenvalue weighted by molar-refractivity contribution is 5.87. The van der Waals surface area contributed by atoms with Crippen molar-refractivity contribution in [3.8, 4) is 0 Å². The van der Waals surface area contributed by atoms with Gasteiger partial charge in [0.2, 0.25) is 11.8 Å². The van der Waals surface area contributed by atoms with E-state index in [0.29, 0.717) is 31.8 Å². The van der Waals surface area contributed by atoms with Crippen LogP contribution < -0.4 is 11.2 Å². The van der Waals surface area contributed by atoms with Gasteiger partial charge >= 0.3 is 6.09 Å². The molecule has 0 unspecified atom stereocenters. The summed E-state index contributed by atoms with van der Waals surface area (Å²) in [4.78, 5) is 38.0. The second-order valence-corrected chi connectivity index (χ2v) is 7.57. The van der Waals surface area contributed by atoms with Gasteiger partial charge in [-0.1, -0.05) is 30.3 Å². The molecule has 1 aromatic rings. The van der Waals surface area contributed by atoms with E-state index in [0.717, 1.165) is 12.8 Å². The molecule has 0 spiro atoms. The first-order valence-electron chi connectivity index (χ1n) is 9.73. The molecular formula is C20H27N3O5. The van der Waals surface area contributed by atoms with Crippen molar-refractivity contribution in [2.75, 3.05) is 13.1 Å². The molecule has 1 aliphatic heterocycles. The number of nitrogens with zero attached hydrogens (tertiary/aromatic N) is 1. The number of hydrogen-bond acceptors (Lipinski definition) is 5. The number of likely N-dealkylation sites (tertiary alicyclic amines) is 1. The summed E-state index contributed by atoms with van der Waals surface area (Å²) in [6.45, 7) is 1.28. The Morgan fingerprint density at radius 2 is 1.71 bits per heavy atom. The second kappa shape index (κ2) is 9.05. The van der Waals surface area contributed by atoms with Crippen LogP contribution in [0.15, 0.2) is 30.3 Å². The number of nitrogens with two attached hydrogens (primary N) is 1. The summed E-state index contributed by atoms with van der Waals surface area (Å²) in [7, 11) is 0. The van der Waals surface area contributed by atoms with Gasteiger partial charge in [0, 0.05) is 13.1 Å². The number of nitrogens with one attached hydrogen (secondary N) is 1.